The molecule has 2 aliphatic rings. The molecule has 0 aromatic carbocycles. The van der Waals surface area contributed by atoms with Gasteiger partial charge in [0.2, 0.25) is 0 Å². The molecule has 14 heavy (non-hydrogen) atoms. The highest BCUT2D eigenvalue weighted by Crippen LogP contribution is 2.21. The highest BCUT2D eigenvalue weighted by Gasteiger charge is 2.13. The molecule has 0 N–H and O–H groups in total. The average molecular weight is 217 g/mol. The van der Waals surface area contributed by atoms with Crippen molar-refractivity contribution in [2.75, 3.05) is 0 Å². The maximum absolute atomic E-state index is 9.60. The lowest BCUT2D eigenvalue weighted by Crippen LogP contribution is -2.17. The lowest BCUT2D eigenvalue weighted by Gasteiger charge is -2.14. The number of hydrogen-bond donors (Lipinski definition) is 0. The van der Waals surface area contributed by atoms with Crippen molar-refractivity contribution in [1.29, 1.82) is 0 Å². The van der Waals surface area contributed by atoms with Gasteiger partial charge in [0, 0.05) is 6.20 Å². The number of hydrogen-bond acceptors (Lipinski definition) is 4. The molecule has 0 aromatic rings. The zero-order valence-electron chi connectivity index (χ0n) is 8.35. The Kier molecular flexibility index (Phi) is 4.50. The Hall–Kier alpha value is -1.16. The van der Waals surface area contributed by atoms with Crippen LogP contribution in [0.2, 0.25) is 0 Å². The first-order valence-electron chi connectivity index (χ1n) is 3.98. The van der Waals surface area contributed by atoms with E-state index in [1.165, 1.54) is 0 Å². The fourth-order valence-corrected chi connectivity index (χ4v) is 0.616. The van der Waals surface area contributed by atoms with Crippen LogP contribution in [0.3, 0.4) is 0 Å². The molecular weight excluding hydrogens is 204 g/mol. The summed E-state index contributed by atoms with van der Waals surface area (Å²) in [5.74, 6) is 0.926. The van der Waals surface area contributed by atoms with Crippen LogP contribution in [0.1, 0.15) is 20.8 Å². The quantitative estimate of drug-likeness (QED) is 0.683. The van der Waals surface area contributed by atoms with Gasteiger partial charge in [0.25, 0.3) is 6.47 Å². The molecule has 5 heteroatoms. The lowest BCUT2D eigenvalue weighted by molar-refractivity contribution is -0.138. The number of carbonyl (C=O) groups is 1. The number of ether oxygens (including phenoxy) is 1. The van der Waals surface area contributed by atoms with E-state index < -0.39 is 0 Å². The maximum atomic E-state index is 9.60. The maximum Gasteiger partial charge on any atom is 0.293 e. The van der Waals surface area contributed by atoms with Crippen molar-refractivity contribution in [2.45, 2.75) is 26.4 Å². The Morgan fingerprint density at radius 2 is 2.07 bits per heavy atom. The summed E-state index contributed by atoms with van der Waals surface area (Å²) in [6, 6.07) is 1.90. The predicted molar refractivity (Wildman–Crippen MR) is 55.2 cm³/mol. The number of halogens is 1. The fourth-order valence-electron chi connectivity index (χ4n) is 0.616. The Morgan fingerprint density at radius 1 is 1.43 bits per heavy atom. The van der Waals surface area contributed by atoms with Gasteiger partial charge >= 0.3 is 0 Å². The van der Waals surface area contributed by atoms with Gasteiger partial charge in [0.15, 0.2) is 5.82 Å². The summed E-state index contributed by atoms with van der Waals surface area (Å²) in [5.41, 5.74) is 0.747. The van der Waals surface area contributed by atoms with Crippen molar-refractivity contribution >= 4 is 18.9 Å². The van der Waals surface area contributed by atoms with Crippen LogP contribution in [0, 0.1) is 0 Å². The predicted octanol–water partition coefficient (Wildman–Crippen LogP) is 1.84. The minimum absolute atomic E-state index is 0. The average Bonchev–Trinajstić information content (AvgIpc) is 2.58. The molecule has 0 amide bonds. The fraction of sp³-hybridized carbons (Fsp3) is 0.444. The van der Waals surface area contributed by atoms with E-state index in [9.17, 15) is 4.79 Å². The van der Waals surface area contributed by atoms with Crippen LogP contribution >= 0.6 is 12.4 Å². The van der Waals surface area contributed by atoms with Gasteiger partial charge in [-0.1, -0.05) is 0 Å². The van der Waals surface area contributed by atoms with Crippen LogP contribution in [-0.2, 0) is 9.53 Å². The van der Waals surface area contributed by atoms with Crippen molar-refractivity contribution in [1.82, 2.24) is 9.97 Å². The number of rotatable bonds is 1. The highest BCUT2D eigenvalue weighted by molar-refractivity contribution is 5.85. The van der Waals surface area contributed by atoms with Crippen molar-refractivity contribution in [3.05, 3.63) is 12.3 Å². The van der Waals surface area contributed by atoms with E-state index in [1.807, 2.05) is 26.8 Å². The van der Waals surface area contributed by atoms with Crippen LogP contribution in [0.15, 0.2) is 12.3 Å². The highest BCUT2D eigenvalue weighted by atomic mass is 35.5. The van der Waals surface area contributed by atoms with E-state index in [2.05, 4.69) is 14.7 Å². The second kappa shape index (κ2) is 4.91. The van der Waals surface area contributed by atoms with Crippen LogP contribution in [0.5, 0.6) is 0 Å². The summed E-state index contributed by atoms with van der Waals surface area (Å²) in [6.45, 7) is 5.92. The Morgan fingerprint density at radius 3 is 2.14 bits per heavy atom. The largest absolute Gasteiger partial charge is 0.462 e. The van der Waals surface area contributed by atoms with Gasteiger partial charge in [-0.3, -0.25) is 4.79 Å². The van der Waals surface area contributed by atoms with Gasteiger partial charge < -0.3 is 4.74 Å². The number of fused-ring (bicyclic) bond motifs is 1. The zero-order chi connectivity index (χ0) is 9.90. The first-order valence-corrected chi connectivity index (χ1v) is 3.98. The molecule has 0 radical (unpaired) electrons. The summed E-state index contributed by atoms with van der Waals surface area (Å²) >= 11 is 0. The number of aromatic nitrogens is 2. The molecule has 2 heterocycles. The summed E-state index contributed by atoms with van der Waals surface area (Å²) < 4.78 is 4.55. The smallest absolute Gasteiger partial charge is 0.293 e. The Balaban J connectivity index is 0.000000225. The summed E-state index contributed by atoms with van der Waals surface area (Å²) in [6.07, 6.45) is 1.76. The molecule has 0 bridgehead atoms. The van der Waals surface area contributed by atoms with E-state index in [1.54, 1.807) is 6.20 Å². The molecule has 0 saturated carbocycles. The normalized spacial score (nSPS) is 10.2. The molecule has 78 valence electrons. The zero-order valence-corrected chi connectivity index (χ0v) is 9.17. The van der Waals surface area contributed by atoms with Gasteiger partial charge in [-0.25, -0.2) is 9.97 Å². The molecule has 0 aromatic heterocycles. The van der Waals surface area contributed by atoms with E-state index in [0.717, 1.165) is 11.5 Å². The molecule has 0 unspecified atom stereocenters. The van der Waals surface area contributed by atoms with Gasteiger partial charge in [-0.2, -0.15) is 0 Å². The van der Waals surface area contributed by atoms with Crippen LogP contribution < -0.4 is 0 Å². The SMILES string of the molecule is CC(C)(C)OC=O.Cl.c1cc2nc-2n1. The van der Waals surface area contributed by atoms with Crippen molar-refractivity contribution in [2.24, 2.45) is 0 Å². The van der Waals surface area contributed by atoms with Crippen molar-refractivity contribution in [3.8, 4) is 11.5 Å². The lowest BCUT2D eigenvalue weighted by atomic mass is 10.2. The topological polar surface area (TPSA) is 52.1 Å². The molecule has 0 saturated heterocycles. The summed E-state index contributed by atoms with van der Waals surface area (Å²) in [7, 11) is 0. The Labute approximate surface area is 89.1 Å². The summed E-state index contributed by atoms with van der Waals surface area (Å²) in [4.78, 5) is 17.3. The first kappa shape index (κ1) is 12.8. The van der Waals surface area contributed by atoms with E-state index in [0.29, 0.717) is 6.47 Å². The Bertz CT molecular complexity index is 293. The van der Waals surface area contributed by atoms with Gasteiger partial charge in [-0.05, 0) is 26.8 Å². The third-order valence-corrected chi connectivity index (χ3v) is 1.24. The molecule has 0 spiro atoms. The van der Waals surface area contributed by atoms with E-state index in [-0.39, 0.29) is 18.0 Å². The van der Waals surface area contributed by atoms with E-state index >= 15 is 0 Å². The van der Waals surface area contributed by atoms with Crippen molar-refractivity contribution < 1.29 is 9.53 Å². The first-order chi connectivity index (χ1) is 6.03. The molecule has 0 fully saturated rings. The third-order valence-electron chi connectivity index (χ3n) is 1.24. The minimum atomic E-state index is -0.318. The summed E-state index contributed by atoms with van der Waals surface area (Å²) in [5, 5.41) is 0. The molecular formula is C9H13ClN2O2. The third kappa shape index (κ3) is 4.77. The van der Waals surface area contributed by atoms with Crippen LogP contribution in [0.4, 0.5) is 0 Å². The molecule has 4 nitrogen and oxygen atoms in total. The molecule has 2 aliphatic heterocycles. The minimum Gasteiger partial charge on any atom is -0.462 e. The number of carbonyl (C=O) groups excluding carboxylic acids is 1. The number of nitrogens with zero attached hydrogens (tertiary/aromatic N) is 2. The van der Waals surface area contributed by atoms with Crippen LogP contribution in [-0.4, -0.2) is 22.0 Å². The molecule has 2 rings (SSSR count). The van der Waals surface area contributed by atoms with Crippen LogP contribution in [0.25, 0.3) is 11.5 Å². The monoisotopic (exact) mass is 216 g/mol. The van der Waals surface area contributed by atoms with E-state index in [4.69, 9.17) is 0 Å². The van der Waals surface area contributed by atoms with Gasteiger partial charge in [0.1, 0.15) is 11.3 Å². The van der Waals surface area contributed by atoms with Crippen molar-refractivity contribution in [3.63, 3.8) is 0 Å². The second-order valence-corrected chi connectivity index (χ2v) is 3.59. The molecule has 0 aliphatic carbocycles. The standard InChI is InChI=1S/C5H10O2.C4H2N2.ClH/c1-5(2,3)7-4-6;1-2-5-4-3(1)6-4;/h4H,1-3H3;1-2H;1H. The van der Waals surface area contributed by atoms with Gasteiger partial charge in [0.05, 0.1) is 0 Å². The molecule has 0 atom stereocenters. The second-order valence-electron chi connectivity index (χ2n) is 3.59. The van der Waals surface area contributed by atoms with Gasteiger partial charge in [-0.15, -0.1) is 12.4 Å².